The van der Waals surface area contributed by atoms with Crippen molar-refractivity contribution in [3.8, 4) is 11.5 Å². The molecule has 0 bridgehead atoms. The predicted octanol–water partition coefficient (Wildman–Crippen LogP) is 1.46. The molecule has 0 aliphatic heterocycles. The third kappa shape index (κ3) is 3.32. The molecule has 0 radical (unpaired) electrons. The van der Waals surface area contributed by atoms with Gasteiger partial charge in [0.15, 0.2) is 0 Å². The van der Waals surface area contributed by atoms with E-state index >= 15 is 0 Å². The summed E-state index contributed by atoms with van der Waals surface area (Å²) in [7, 11) is 3.29. The highest BCUT2D eigenvalue weighted by atomic mass is 16.5. The summed E-state index contributed by atoms with van der Waals surface area (Å²) in [6.45, 7) is 1.51. The molecule has 0 saturated heterocycles. The summed E-state index contributed by atoms with van der Waals surface area (Å²) in [5, 5.41) is 3.25. The number of nitrogens with two attached hydrogens (primary N) is 1. The summed E-state index contributed by atoms with van der Waals surface area (Å²) in [5.74, 6) is 1.62. The Morgan fingerprint density at radius 3 is 2.67 bits per heavy atom. The summed E-state index contributed by atoms with van der Waals surface area (Å²) in [6.07, 6.45) is 0.931. The van der Waals surface area contributed by atoms with Gasteiger partial charge in [0.2, 0.25) is 0 Å². The van der Waals surface area contributed by atoms with E-state index in [0.717, 1.165) is 30.2 Å². The van der Waals surface area contributed by atoms with Crippen molar-refractivity contribution in [3.63, 3.8) is 0 Å². The van der Waals surface area contributed by atoms with Crippen molar-refractivity contribution < 1.29 is 9.47 Å². The van der Waals surface area contributed by atoms with Gasteiger partial charge in [0.25, 0.3) is 0 Å². The molecular weight excluding hydrogens is 192 g/mol. The number of anilines is 1. The Hall–Kier alpha value is -1.42. The van der Waals surface area contributed by atoms with E-state index in [9.17, 15) is 0 Å². The summed E-state index contributed by atoms with van der Waals surface area (Å²) < 4.78 is 10.4. The number of nitrogens with one attached hydrogen (secondary N) is 1. The second-order valence-corrected chi connectivity index (χ2v) is 3.14. The van der Waals surface area contributed by atoms with Crippen molar-refractivity contribution in [2.24, 2.45) is 5.73 Å². The van der Waals surface area contributed by atoms with Crippen LogP contribution >= 0.6 is 0 Å². The van der Waals surface area contributed by atoms with Crippen molar-refractivity contribution in [1.29, 1.82) is 0 Å². The maximum absolute atomic E-state index is 5.42. The Morgan fingerprint density at radius 2 is 2.07 bits per heavy atom. The zero-order chi connectivity index (χ0) is 11.1. The van der Waals surface area contributed by atoms with Crippen LogP contribution in [0.25, 0.3) is 0 Å². The number of hydrogen-bond donors (Lipinski definition) is 2. The monoisotopic (exact) mass is 210 g/mol. The minimum atomic E-state index is 0.680. The van der Waals surface area contributed by atoms with Crippen LogP contribution in [0, 0.1) is 0 Å². The van der Waals surface area contributed by atoms with Crippen molar-refractivity contribution in [3.05, 3.63) is 18.2 Å². The summed E-state index contributed by atoms with van der Waals surface area (Å²) in [4.78, 5) is 0. The van der Waals surface area contributed by atoms with Gasteiger partial charge < -0.3 is 20.5 Å². The van der Waals surface area contributed by atoms with Gasteiger partial charge in [-0.25, -0.2) is 0 Å². The maximum atomic E-state index is 5.42. The molecule has 0 aliphatic carbocycles. The van der Waals surface area contributed by atoms with Crippen LogP contribution in [0.5, 0.6) is 11.5 Å². The third-order valence-corrected chi connectivity index (χ3v) is 2.10. The van der Waals surface area contributed by atoms with E-state index in [1.807, 2.05) is 18.2 Å². The zero-order valence-corrected chi connectivity index (χ0v) is 9.25. The van der Waals surface area contributed by atoms with E-state index < -0.39 is 0 Å². The Bertz CT molecular complexity index is 303. The molecule has 0 saturated carbocycles. The number of ether oxygens (including phenoxy) is 2. The van der Waals surface area contributed by atoms with Crippen LogP contribution in [0.4, 0.5) is 5.69 Å². The van der Waals surface area contributed by atoms with E-state index in [4.69, 9.17) is 15.2 Å². The molecule has 1 aromatic rings. The van der Waals surface area contributed by atoms with Crippen LogP contribution < -0.4 is 20.5 Å². The highest BCUT2D eigenvalue weighted by Crippen LogP contribution is 2.28. The van der Waals surface area contributed by atoms with Crippen LogP contribution in [-0.2, 0) is 0 Å². The lowest BCUT2D eigenvalue weighted by Crippen LogP contribution is -2.09. The lowest BCUT2D eigenvalue weighted by atomic mass is 10.2. The lowest BCUT2D eigenvalue weighted by Gasteiger charge is -2.12. The topological polar surface area (TPSA) is 56.5 Å². The van der Waals surface area contributed by atoms with Crippen LogP contribution in [0.3, 0.4) is 0 Å². The summed E-state index contributed by atoms with van der Waals surface area (Å²) in [5.41, 5.74) is 6.36. The Labute approximate surface area is 90.4 Å². The second kappa shape index (κ2) is 6.14. The van der Waals surface area contributed by atoms with E-state index in [1.54, 1.807) is 14.2 Å². The number of benzene rings is 1. The Kier molecular flexibility index (Phi) is 4.77. The molecule has 0 amide bonds. The van der Waals surface area contributed by atoms with Crippen molar-refractivity contribution in [2.75, 3.05) is 32.6 Å². The van der Waals surface area contributed by atoms with Gasteiger partial charge in [0.05, 0.1) is 19.9 Å². The molecule has 4 nitrogen and oxygen atoms in total. The largest absolute Gasteiger partial charge is 0.497 e. The minimum absolute atomic E-state index is 0.680. The molecule has 0 aromatic heterocycles. The number of methoxy groups -OCH3 is 2. The van der Waals surface area contributed by atoms with E-state index in [-0.39, 0.29) is 0 Å². The van der Waals surface area contributed by atoms with Gasteiger partial charge in [-0.15, -0.1) is 0 Å². The molecular formula is C11H18N2O2. The highest BCUT2D eigenvalue weighted by molar-refractivity contribution is 5.59. The molecule has 0 atom stereocenters. The van der Waals surface area contributed by atoms with E-state index in [2.05, 4.69) is 5.32 Å². The maximum Gasteiger partial charge on any atom is 0.142 e. The second-order valence-electron chi connectivity index (χ2n) is 3.14. The summed E-state index contributed by atoms with van der Waals surface area (Å²) >= 11 is 0. The average molecular weight is 210 g/mol. The Balaban J connectivity index is 2.72. The molecule has 0 unspecified atom stereocenters. The predicted molar refractivity (Wildman–Crippen MR) is 61.7 cm³/mol. The molecule has 0 fully saturated rings. The molecule has 15 heavy (non-hydrogen) atoms. The normalized spacial score (nSPS) is 9.80. The molecule has 0 spiro atoms. The number of rotatable bonds is 6. The molecule has 0 aliphatic rings. The standard InChI is InChI=1S/C11H18N2O2/c1-14-9-4-5-11(15-2)10(8-9)13-7-3-6-12/h4-5,8,13H,3,6-7,12H2,1-2H3. The first-order valence-electron chi connectivity index (χ1n) is 4.97. The fourth-order valence-corrected chi connectivity index (χ4v) is 1.28. The van der Waals surface area contributed by atoms with Gasteiger partial charge in [-0.05, 0) is 25.1 Å². The van der Waals surface area contributed by atoms with Gasteiger partial charge in [-0.1, -0.05) is 0 Å². The quantitative estimate of drug-likeness (QED) is 0.698. The molecule has 4 heteroatoms. The van der Waals surface area contributed by atoms with Gasteiger partial charge in [-0.3, -0.25) is 0 Å². The molecule has 84 valence electrons. The first kappa shape index (κ1) is 11.7. The average Bonchev–Trinajstić information content (AvgIpc) is 2.29. The van der Waals surface area contributed by atoms with Crippen LogP contribution in [0.2, 0.25) is 0 Å². The highest BCUT2D eigenvalue weighted by Gasteiger charge is 2.03. The first-order valence-corrected chi connectivity index (χ1v) is 4.97. The minimum Gasteiger partial charge on any atom is -0.497 e. The van der Waals surface area contributed by atoms with E-state index in [1.165, 1.54) is 0 Å². The van der Waals surface area contributed by atoms with Crippen LogP contribution in [-0.4, -0.2) is 27.3 Å². The Morgan fingerprint density at radius 1 is 1.27 bits per heavy atom. The fourth-order valence-electron chi connectivity index (χ4n) is 1.28. The van der Waals surface area contributed by atoms with Crippen LogP contribution in [0.15, 0.2) is 18.2 Å². The lowest BCUT2D eigenvalue weighted by molar-refractivity contribution is 0.404. The van der Waals surface area contributed by atoms with Crippen LogP contribution in [0.1, 0.15) is 6.42 Å². The van der Waals surface area contributed by atoms with E-state index in [0.29, 0.717) is 6.54 Å². The zero-order valence-electron chi connectivity index (χ0n) is 9.25. The van der Waals surface area contributed by atoms with Gasteiger partial charge in [0, 0.05) is 12.6 Å². The molecule has 0 heterocycles. The van der Waals surface area contributed by atoms with Crippen molar-refractivity contribution >= 4 is 5.69 Å². The number of hydrogen-bond acceptors (Lipinski definition) is 4. The van der Waals surface area contributed by atoms with Gasteiger partial charge in [-0.2, -0.15) is 0 Å². The van der Waals surface area contributed by atoms with Gasteiger partial charge in [0.1, 0.15) is 11.5 Å². The molecule has 1 rings (SSSR count). The van der Waals surface area contributed by atoms with Crippen molar-refractivity contribution in [1.82, 2.24) is 0 Å². The third-order valence-electron chi connectivity index (χ3n) is 2.10. The molecule has 3 N–H and O–H groups in total. The van der Waals surface area contributed by atoms with Crippen molar-refractivity contribution in [2.45, 2.75) is 6.42 Å². The fraction of sp³-hybridized carbons (Fsp3) is 0.455. The summed E-state index contributed by atoms with van der Waals surface area (Å²) in [6, 6.07) is 5.66. The smallest absolute Gasteiger partial charge is 0.142 e. The first-order chi connectivity index (χ1) is 7.31. The SMILES string of the molecule is COc1ccc(OC)c(NCCCN)c1. The molecule has 1 aromatic carbocycles. The van der Waals surface area contributed by atoms with Gasteiger partial charge >= 0.3 is 0 Å².